The molecule has 20 heavy (non-hydrogen) atoms. The number of nitrogens with zero attached hydrogens (tertiary/aromatic N) is 4. The molecule has 0 bridgehead atoms. The van der Waals surface area contributed by atoms with Gasteiger partial charge in [0.2, 0.25) is 5.91 Å². The fourth-order valence-electron chi connectivity index (χ4n) is 1.57. The minimum absolute atomic E-state index is 0.0972. The number of rotatable bonds is 6. The molecule has 1 amide bonds. The molecule has 112 valence electrons. The first-order chi connectivity index (χ1) is 9.54. The number of aliphatic imine (C=N–C) groups is 1. The second kappa shape index (κ2) is 8.19. The lowest BCUT2D eigenvalue weighted by Crippen LogP contribution is -2.39. The molecule has 0 unspecified atom stereocenters. The van der Waals surface area contributed by atoms with E-state index in [1.54, 1.807) is 29.9 Å². The molecule has 0 aliphatic carbocycles. The van der Waals surface area contributed by atoms with Crippen LogP contribution in [-0.2, 0) is 18.4 Å². The number of guanidine groups is 1. The second-order valence-electron chi connectivity index (χ2n) is 4.61. The van der Waals surface area contributed by atoms with E-state index in [2.05, 4.69) is 20.7 Å². The topological polar surface area (TPSA) is 74.5 Å². The third kappa shape index (κ3) is 5.29. The van der Waals surface area contributed by atoms with Crippen molar-refractivity contribution in [3.63, 3.8) is 0 Å². The Bertz CT molecular complexity index is 451. The second-order valence-corrected chi connectivity index (χ2v) is 4.61. The third-order valence-corrected chi connectivity index (χ3v) is 2.80. The lowest BCUT2D eigenvalue weighted by atomic mass is 10.4. The first-order valence-electron chi connectivity index (χ1n) is 6.73. The Morgan fingerprint density at radius 3 is 2.75 bits per heavy atom. The van der Waals surface area contributed by atoms with Gasteiger partial charge >= 0.3 is 0 Å². The van der Waals surface area contributed by atoms with Crippen molar-refractivity contribution in [1.82, 2.24) is 25.3 Å². The molecule has 0 saturated heterocycles. The SMILES string of the molecule is CCNC(=NCc1ccnn1C)NCCC(=O)N(C)C. The Balaban J connectivity index is 2.47. The Labute approximate surface area is 120 Å². The summed E-state index contributed by atoms with van der Waals surface area (Å²) in [4.78, 5) is 17.5. The largest absolute Gasteiger partial charge is 0.357 e. The molecule has 7 nitrogen and oxygen atoms in total. The van der Waals surface area contributed by atoms with Crippen molar-refractivity contribution in [3.05, 3.63) is 18.0 Å². The van der Waals surface area contributed by atoms with Gasteiger partial charge in [-0.15, -0.1) is 0 Å². The van der Waals surface area contributed by atoms with Crippen LogP contribution in [-0.4, -0.2) is 53.7 Å². The molecule has 1 rings (SSSR count). The van der Waals surface area contributed by atoms with E-state index in [-0.39, 0.29) is 5.91 Å². The van der Waals surface area contributed by atoms with Crippen LogP contribution in [0.4, 0.5) is 0 Å². The van der Waals surface area contributed by atoms with Crippen LogP contribution in [0.5, 0.6) is 0 Å². The van der Waals surface area contributed by atoms with Gasteiger partial charge in [0.1, 0.15) is 0 Å². The molecule has 1 aromatic heterocycles. The fraction of sp³-hybridized carbons (Fsp3) is 0.615. The van der Waals surface area contributed by atoms with Crippen LogP contribution in [0.2, 0.25) is 0 Å². The molecule has 0 aliphatic heterocycles. The summed E-state index contributed by atoms with van der Waals surface area (Å²) < 4.78 is 1.79. The monoisotopic (exact) mass is 280 g/mol. The number of hydrogen-bond acceptors (Lipinski definition) is 3. The van der Waals surface area contributed by atoms with Crippen molar-refractivity contribution in [1.29, 1.82) is 0 Å². The highest BCUT2D eigenvalue weighted by molar-refractivity contribution is 5.81. The maximum atomic E-state index is 11.5. The lowest BCUT2D eigenvalue weighted by Gasteiger charge is -2.13. The van der Waals surface area contributed by atoms with Crippen molar-refractivity contribution >= 4 is 11.9 Å². The average Bonchev–Trinajstić information content (AvgIpc) is 2.81. The number of aromatic nitrogens is 2. The zero-order valence-electron chi connectivity index (χ0n) is 12.7. The molecular weight excluding hydrogens is 256 g/mol. The number of amides is 1. The van der Waals surface area contributed by atoms with Crippen LogP contribution in [0.25, 0.3) is 0 Å². The van der Waals surface area contributed by atoms with Gasteiger partial charge in [-0.2, -0.15) is 5.10 Å². The number of carbonyl (C=O) groups excluding carboxylic acids is 1. The molecule has 0 aromatic carbocycles. The fourth-order valence-corrected chi connectivity index (χ4v) is 1.57. The predicted octanol–water partition coefficient (Wildman–Crippen LogP) is -0.0465. The molecule has 0 radical (unpaired) electrons. The maximum absolute atomic E-state index is 11.5. The van der Waals surface area contributed by atoms with Gasteiger partial charge in [-0.05, 0) is 13.0 Å². The van der Waals surface area contributed by atoms with Crippen molar-refractivity contribution in [3.8, 4) is 0 Å². The zero-order chi connectivity index (χ0) is 15.0. The molecule has 0 spiro atoms. The van der Waals surface area contributed by atoms with Gasteiger partial charge in [0.15, 0.2) is 5.96 Å². The average molecular weight is 280 g/mol. The van der Waals surface area contributed by atoms with Gasteiger partial charge in [0.05, 0.1) is 12.2 Å². The van der Waals surface area contributed by atoms with Gasteiger partial charge in [0, 0.05) is 46.9 Å². The smallest absolute Gasteiger partial charge is 0.223 e. The van der Waals surface area contributed by atoms with Crippen molar-refractivity contribution < 1.29 is 4.79 Å². The Hall–Kier alpha value is -2.05. The minimum atomic E-state index is 0.0972. The normalized spacial score (nSPS) is 11.3. The van der Waals surface area contributed by atoms with E-state index in [1.807, 2.05) is 20.0 Å². The molecule has 2 N–H and O–H groups in total. The van der Waals surface area contributed by atoms with Crippen LogP contribution in [0, 0.1) is 0 Å². The van der Waals surface area contributed by atoms with Crippen molar-refractivity contribution in [2.45, 2.75) is 19.9 Å². The van der Waals surface area contributed by atoms with E-state index in [9.17, 15) is 4.79 Å². The van der Waals surface area contributed by atoms with E-state index in [1.165, 1.54) is 0 Å². The van der Waals surface area contributed by atoms with Gasteiger partial charge in [0.25, 0.3) is 0 Å². The minimum Gasteiger partial charge on any atom is -0.357 e. The number of aryl methyl sites for hydroxylation is 1. The summed E-state index contributed by atoms with van der Waals surface area (Å²) in [5.74, 6) is 0.806. The van der Waals surface area contributed by atoms with Crippen LogP contribution >= 0.6 is 0 Å². The number of carbonyl (C=O) groups is 1. The summed E-state index contributed by atoms with van der Waals surface area (Å²) in [6, 6.07) is 1.93. The Morgan fingerprint density at radius 1 is 1.45 bits per heavy atom. The molecule has 0 saturated carbocycles. The highest BCUT2D eigenvalue weighted by Gasteiger charge is 2.04. The van der Waals surface area contributed by atoms with E-state index >= 15 is 0 Å². The highest BCUT2D eigenvalue weighted by Crippen LogP contribution is 1.98. The van der Waals surface area contributed by atoms with Gasteiger partial charge < -0.3 is 15.5 Å². The molecular formula is C13H24N6O. The molecule has 0 aliphatic rings. The third-order valence-electron chi connectivity index (χ3n) is 2.80. The van der Waals surface area contributed by atoms with E-state index in [0.717, 1.165) is 12.2 Å². The van der Waals surface area contributed by atoms with Crippen LogP contribution in [0.1, 0.15) is 19.0 Å². The standard InChI is InChI=1S/C13H24N6O/c1-5-14-13(15-8-7-12(20)18(2)3)16-10-11-6-9-17-19(11)4/h6,9H,5,7-8,10H2,1-4H3,(H2,14,15,16). The van der Waals surface area contributed by atoms with Crippen LogP contribution in [0.3, 0.4) is 0 Å². The highest BCUT2D eigenvalue weighted by atomic mass is 16.2. The summed E-state index contributed by atoms with van der Waals surface area (Å²) in [6.45, 7) is 3.90. The molecule has 1 aromatic rings. The summed E-state index contributed by atoms with van der Waals surface area (Å²) in [7, 11) is 5.40. The predicted molar refractivity (Wildman–Crippen MR) is 79.3 cm³/mol. The van der Waals surface area contributed by atoms with Crippen molar-refractivity contribution in [2.24, 2.45) is 12.0 Å². The van der Waals surface area contributed by atoms with Crippen LogP contribution < -0.4 is 10.6 Å². The summed E-state index contributed by atoms with van der Waals surface area (Å²) >= 11 is 0. The van der Waals surface area contributed by atoms with E-state index in [0.29, 0.717) is 25.5 Å². The van der Waals surface area contributed by atoms with Crippen molar-refractivity contribution in [2.75, 3.05) is 27.2 Å². The maximum Gasteiger partial charge on any atom is 0.223 e. The Morgan fingerprint density at radius 2 is 2.20 bits per heavy atom. The molecule has 7 heteroatoms. The summed E-state index contributed by atoms with van der Waals surface area (Å²) in [5, 5.41) is 10.4. The van der Waals surface area contributed by atoms with Crippen LogP contribution in [0.15, 0.2) is 17.3 Å². The number of nitrogens with one attached hydrogen (secondary N) is 2. The van der Waals surface area contributed by atoms with Gasteiger partial charge in [-0.1, -0.05) is 0 Å². The number of hydrogen-bond donors (Lipinski definition) is 2. The molecule has 0 fully saturated rings. The molecule has 1 heterocycles. The lowest BCUT2D eigenvalue weighted by molar-refractivity contribution is -0.128. The first kappa shape index (κ1) is 16.0. The zero-order valence-corrected chi connectivity index (χ0v) is 12.7. The summed E-state index contributed by atoms with van der Waals surface area (Å²) in [6.07, 6.45) is 2.20. The van der Waals surface area contributed by atoms with Gasteiger partial charge in [-0.25, -0.2) is 4.99 Å². The molecule has 0 atom stereocenters. The van der Waals surface area contributed by atoms with E-state index in [4.69, 9.17) is 0 Å². The first-order valence-corrected chi connectivity index (χ1v) is 6.73. The van der Waals surface area contributed by atoms with E-state index < -0.39 is 0 Å². The van der Waals surface area contributed by atoms with Gasteiger partial charge in [-0.3, -0.25) is 9.48 Å². The summed E-state index contributed by atoms with van der Waals surface area (Å²) in [5.41, 5.74) is 1.03. The Kier molecular flexibility index (Phi) is 6.55. The quantitative estimate of drug-likeness (QED) is 0.566.